The van der Waals surface area contributed by atoms with Crippen molar-refractivity contribution in [3.05, 3.63) is 41.7 Å². The molecule has 0 saturated heterocycles. The first kappa shape index (κ1) is 16.9. The van der Waals surface area contributed by atoms with Crippen molar-refractivity contribution >= 4 is 11.9 Å². The van der Waals surface area contributed by atoms with Crippen molar-refractivity contribution in [1.82, 2.24) is 9.88 Å². The molecule has 0 fully saturated rings. The van der Waals surface area contributed by atoms with Crippen LogP contribution in [0.3, 0.4) is 0 Å². The predicted octanol–water partition coefficient (Wildman–Crippen LogP) is 1.90. The largest absolute Gasteiger partial charge is 0.455 e. The van der Waals surface area contributed by atoms with E-state index in [2.05, 4.69) is 11.6 Å². The van der Waals surface area contributed by atoms with Gasteiger partial charge < -0.3 is 9.64 Å². The highest BCUT2D eigenvalue weighted by Crippen LogP contribution is 2.02. The number of amides is 1. The Morgan fingerprint density at radius 2 is 2.10 bits per heavy atom. The fourth-order valence-corrected chi connectivity index (χ4v) is 1.76. The van der Waals surface area contributed by atoms with Crippen LogP contribution < -0.4 is 0 Å². The Balaban J connectivity index is 2.43. The van der Waals surface area contributed by atoms with Gasteiger partial charge in [0.25, 0.3) is 5.91 Å². The average molecular weight is 290 g/mol. The van der Waals surface area contributed by atoms with Gasteiger partial charge in [0.15, 0.2) is 6.61 Å². The van der Waals surface area contributed by atoms with Gasteiger partial charge in [-0.05, 0) is 32.4 Å². The summed E-state index contributed by atoms with van der Waals surface area (Å²) in [5.74, 6) is -0.642. The molecule has 0 spiro atoms. The molecule has 1 heterocycles. The Bertz CT molecular complexity index is 509. The van der Waals surface area contributed by atoms with Gasteiger partial charge in [-0.1, -0.05) is 18.2 Å². The lowest BCUT2D eigenvalue weighted by Gasteiger charge is -2.20. The zero-order chi connectivity index (χ0) is 15.8. The van der Waals surface area contributed by atoms with Crippen LogP contribution in [0.4, 0.5) is 0 Å². The van der Waals surface area contributed by atoms with Gasteiger partial charge in [-0.3, -0.25) is 14.6 Å². The van der Waals surface area contributed by atoms with Crippen LogP contribution in [0.5, 0.6) is 0 Å². The van der Waals surface area contributed by atoms with Crippen LogP contribution in [0.2, 0.25) is 0 Å². The Morgan fingerprint density at radius 1 is 1.38 bits per heavy atom. The fraction of sp³-hybridized carbons (Fsp3) is 0.438. The number of ether oxygens (including phenoxy) is 1. The van der Waals surface area contributed by atoms with Gasteiger partial charge in [0.05, 0.1) is 6.42 Å². The van der Waals surface area contributed by atoms with Crippen LogP contribution in [-0.4, -0.2) is 41.5 Å². The number of hydrogen-bond acceptors (Lipinski definition) is 4. The molecule has 0 saturated carbocycles. The molecule has 1 aromatic rings. The zero-order valence-corrected chi connectivity index (χ0v) is 12.9. The maximum absolute atomic E-state index is 11.9. The lowest BCUT2D eigenvalue weighted by atomic mass is 10.2. The minimum absolute atomic E-state index is 0.118. The number of hydrogen-bond donors (Lipinski definition) is 0. The molecule has 0 N–H and O–H groups in total. The number of nitrogens with zero attached hydrogens (tertiary/aromatic N) is 2. The lowest BCUT2D eigenvalue weighted by molar-refractivity contribution is -0.151. The van der Waals surface area contributed by atoms with E-state index >= 15 is 0 Å². The molecule has 114 valence electrons. The molecule has 0 radical (unpaired) electrons. The molecule has 0 bridgehead atoms. The van der Waals surface area contributed by atoms with Gasteiger partial charge in [-0.2, -0.15) is 0 Å². The summed E-state index contributed by atoms with van der Waals surface area (Å²) in [6.07, 6.45) is 1.75. The number of esters is 1. The minimum atomic E-state index is -0.430. The molecule has 21 heavy (non-hydrogen) atoms. The van der Waals surface area contributed by atoms with Crippen LogP contribution in [-0.2, 0) is 20.7 Å². The first-order valence-electron chi connectivity index (χ1n) is 6.91. The molecule has 0 atom stereocenters. The van der Waals surface area contributed by atoms with E-state index in [-0.39, 0.29) is 18.9 Å². The van der Waals surface area contributed by atoms with Gasteiger partial charge in [0.1, 0.15) is 0 Å². The summed E-state index contributed by atoms with van der Waals surface area (Å²) >= 11 is 0. The van der Waals surface area contributed by atoms with E-state index in [1.165, 1.54) is 0 Å². The Morgan fingerprint density at radius 3 is 2.62 bits per heavy atom. The second-order valence-electron chi connectivity index (χ2n) is 5.01. The summed E-state index contributed by atoms with van der Waals surface area (Å²) < 4.78 is 5.01. The number of likely N-dealkylation sites (N-methyl/N-ethyl adjacent to an activating group) is 1. The van der Waals surface area contributed by atoms with E-state index in [1.807, 2.05) is 32.9 Å². The summed E-state index contributed by atoms with van der Waals surface area (Å²) in [7, 11) is 0. The van der Waals surface area contributed by atoms with Crippen molar-refractivity contribution in [2.45, 2.75) is 27.2 Å². The standard InChI is InChI=1S/C16H22N2O3/c1-5-18(10-12(2)3)15(19)11-21-16(20)8-14-7-6-13(4)17-9-14/h6-7,9H,2,5,8,10-11H2,1,3-4H3. The topological polar surface area (TPSA) is 59.5 Å². The first-order valence-corrected chi connectivity index (χ1v) is 6.91. The third-order valence-electron chi connectivity index (χ3n) is 2.87. The molecule has 0 aliphatic rings. The van der Waals surface area contributed by atoms with Crippen LogP contribution in [0.25, 0.3) is 0 Å². The number of pyridine rings is 1. The second kappa shape index (κ2) is 8.19. The van der Waals surface area contributed by atoms with Crippen molar-refractivity contribution in [2.75, 3.05) is 19.7 Å². The smallest absolute Gasteiger partial charge is 0.310 e. The first-order chi connectivity index (χ1) is 9.92. The maximum atomic E-state index is 11.9. The number of carbonyl (C=O) groups is 2. The molecule has 1 aromatic heterocycles. The summed E-state index contributed by atoms with van der Waals surface area (Å²) in [4.78, 5) is 29.3. The van der Waals surface area contributed by atoms with E-state index in [9.17, 15) is 9.59 Å². The third kappa shape index (κ3) is 6.21. The van der Waals surface area contributed by atoms with E-state index in [1.54, 1.807) is 11.1 Å². The normalized spacial score (nSPS) is 10.0. The highest BCUT2D eigenvalue weighted by Gasteiger charge is 2.14. The van der Waals surface area contributed by atoms with Crippen molar-refractivity contribution in [3.8, 4) is 0 Å². The number of carbonyl (C=O) groups excluding carboxylic acids is 2. The zero-order valence-electron chi connectivity index (χ0n) is 12.9. The molecule has 0 unspecified atom stereocenters. The third-order valence-corrected chi connectivity index (χ3v) is 2.87. The molecule has 0 aromatic carbocycles. The summed E-state index contributed by atoms with van der Waals surface area (Å²) in [5, 5.41) is 0. The van der Waals surface area contributed by atoms with Crippen molar-refractivity contribution in [2.24, 2.45) is 0 Å². The van der Waals surface area contributed by atoms with Crippen molar-refractivity contribution in [1.29, 1.82) is 0 Å². The highest BCUT2D eigenvalue weighted by molar-refractivity contribution is 5.81. The monoisotopic (exact) mass is 290 g/mol. The Labute approximate surface area is 125 Å². The van der Waals surface area contributed by atoms with Gasteiger partial charge in [-0.25, -0.2) is 0 Å². The minimum Gasteiger partial charge on any atom is -0.455 e. The van der Waals surface area contributed by atoms with Crippen LogP contribution in [0, 0.1) is 6.92 Å². The second-order valence-corrected chi connectivity index (χ2v) is 5.01. The molecule has 0 aliphatic carbocycles. The van der Waals surface area contributed by atoms with Gasteiger partial charge >= 0.3 is 5.97 Å². The number of aromatic nitrogens is 1. The molecule has 1 amide bonds. The summed E-state index contributed by atoms with van der Waals surface area (Å²) in [6, 6.07) is 3.66. The van der Waals surface area contributed by atoms with Gasteiger partial charge in [-0.15, -0.1) is 0 Å². The highest BCUT2D eigenvalue weighted by atomic mass is 16.5. The molecule has 1 rings (SSSR count). The van der Waals surface area contributed by atoms with E-state index < -0.39 is 5.97 Å². The maximum Gasteiger partial charge on any atom is 0.310 e. The summed E-state index contributed by atoms with van der Waals surface area (Å²) in [5.41, 5.74) is 2.55. The van der Waals surface area contributed by atoms with Gasteiger partial charge in [0, 0.05) is 25.0 Å². The number of rotatable bonds is 7. The molecule has 0 aliphatic heterocycles. The summed E-state index contributed by atoms with van der Waals surface area (Å²) in [6.45, 7) is 10.2. The van der Waals surface area contributed by atoms with E-state index in [4.69, 9.17) is 4.74 Å². The molecular weight excluding hydrogens is 268 g/mol. The van der Waals surface area contributed by atoms with Gasteiger partial charge in [0.2, 0.25) is 0 Å². The van der Waals surface area contributed by atoms with Crippen LogP contribution >= 0.6 is 0 Å². The predicted molar refractivity (Wildman–Crippen MR) is 80.7 cm³/mol. The van der Waals surface area contributed by atoms with E-state index in [0.29, 0.717) is 13.1 Å². The number of aryl methyl sites for hydroxylation is 1. The molecular formula is C16H22N2O3. The lowest BCUT2D eigenvalue weighted by Crippen LogP contribution is -2.35. The van der Waals surface area contributed by atoms with Crippen LogP contribution in [0.1, 0.15) is 25.1 Å². The van der Waals surface area contributed by atoms with Crippen molar-refractivity contribution < 1.29 is 14.3 Å². The molecule has 5 nitrogen and oxygen atoms in total. The average Bonchev–Trinajstić information content (AvgIpc) is 2.44. The van der Waals surface area contributed by atoms with Crippen LogP contribution in [0.15, 0.2) is 30.5 Å². The Hall–Kier alpha value is -2.17. The van der Waals surface area contributed by atoms with E-state index in [0.717, 1.165) is 16.8 Å². The SMILES string of the molecule is C=C(C)CN(CC)C(=O)COC(=O)Cc1ccc(C)nc1. The Kier molecular flexibility index (Phi) is 6.59. The van der Waals surface area contributed by atoms with Crippen molar-refractivity contribution in [3.63, 3.8) is 0 Å². The molecule has 5 heteroatoms. The fourth-order valence-electron chi connectivity index (χ4n) is 1.76. The quantitative estimate of drug-likeness (QED) is 0.568.